The number of nitrogen functional groups attached to an aromatic ring is 1. The van der Waals surface area contributed by atoms with Crippen LogP contribution in [-0.4, -0.2) is 8.42 Å². The van der Waals surface area contributed by atoms with Crippen LogP contribution >= 0.6 is 11.6 Å². The van der Waals surface area contributed by atoms with Crippen molar-refractivity contribution < 1.29 is 12.8 Å². The Morgan fingerprint density at radius 1 is 1.24 bits per heavy atom. The number of nitrogens with two attached hydrogens (primary N) is 1. The maximum absolute atomic E-state index is 13.3. The topological polar surface area (TPSA) is 72.2 Å². The van der Waals surface area contributed by atoms with Gasteiger partial charge in [0, 0.05) is 6.04 Å². The highest BCUT2D eigenvalue weighted by atomic mass is 35.5. The Balaban J connectivity index is 2.33. The highest BCUT2D eigenvalue weighted by Gasteiger charge is 2.22. The largest absolute Gasteiger partial charge is 0.396 e. The average molecular weight is 329 g/mol. The summed E-state index contributed by atoms with van der Waals surface area (Å²) in [7, 11) is -3.91. The maximum atomic E-state index is 13.3. The summed E-state index contributed by atoms with van der Waals surface area (Å²) in [6.07, 6.45) is 0. The molecule has 0 heterocycles. The van der Waals surface area contributed by atoms with Gasteiger partial charge in [-0.25, -0.2) is 17.5 Å². The molecule has 0 aromatic heterocycles. The molecule has 0 aliphatic rings. The number of anilines is 1. The van der Waals surface area contributed by atoms with Crippen LogP contribution in [0.4, 0.5) is 10.1 Å². The monoisotopic (exact) mass is 328 g/mol. The Morgan fingerprint density at radius 2 is 1.86 bits per heavy atom. The predicted octanol–water partition coefficient (Wildman–Crippen LogP) is 3.10. The molecule has 2 rings (SSSR count). The lowest BCUT2D eigenvalue weighted by Crippen LogP contribution is -2.27. The van der Waals surface area contributed by atoms with Crippen molar-refractivity contribution >= 4 is 27.3 Å². The molecule has 7 heteroatoms. The van der Waals surface area contributed by atoms with Crippen molar-refractivity contribution in [2.24, 2.45) is 0 Å². The Bertz CT molecular complexity index is 751. The van der Waals surface area contributed by atoms with Gasteiger partial charge in [0.2, 0.25) is 10.0 Å². The molecule has 0 aliphatic carbocycles. The fourth-order valence-corrected chi connectivity index (χ4v) is 3.64. The standard InChI is InChI=1S/C14H14ClFN2O2S/c1-9(10-5-3-2-4-6-10)18-21(19,20)14-8-13(17)12(16)7-11(14)15/h2-9,18H,17H2,1H3/t9-/m1/s1. The molecule has 0 saturated heterocycles. The summed E-state index contributed by atoms with van der Waals surface area (Å²) in [6, 6.07) is 10.5. The van der Waals surface area contributed by atoms with E-state index in [1.807, 2.05) is 18.2 Å². The number of rotatable bonds is 4. The first kappa shape index (κ1) is 15.8. The highest BCUT2D eigenvalue weighted by molar-refractivity contribution is 7.89. The summed E-state index contributed by atoms with van der Waals surface area (Å²) in [5.41, 5.74) is 5.93. The van der Waals surface area contributed by atoms with E-state index in [2.05, 4.69) is 4.72 Å². The van der Waals surface area contributed by atoms with Gasteiger partial charge in [0.05, 0.1) is 10.7 Å². The highest BCUT2D eigenvalue weighted by Crippen LogP contribution is 2.27. The number of sulfonamides is 1. The van der Waals surface area contributed by atoms with Crippen molar-refractivity contribution in [2.75, 3.05) is 5.73 Å². The molecule has 0 bridgehead atoms. The van der Waals surface area contributed by atoms with Gasteiger partial charge >= 0.3 is 0 Å². The smallest absolute Gasteiger partial charge is 0.242 e. The van der Waals surface area contributed by atoms with E-state index in [0.29, 0.717) is 0 Å². The van der Waals surface area contributed by atoms with Gasteiger partial charge in [-0.3, -0.25) is 0 Å². The van der Waals surface area contributed by atoms with Crippen LogP contribution in [0.5, 0.6) is 0 Å². The maximum Gasteiger partial charge on any atom is 0.242 e. The third-order valence-electron chi connectivity index (χ3n) is 2.97. The van der Waals surface area contributed by atoms with E-state index in [9.17, 15) is 12.8 Å². The lowest BCUT2D eigenvalue weighted by molar-refractivity contribution is 0.566. The van der Waals surface area contributed by atoms with E-state index in [0.717, 1.165) is 17.7 Å². The van der Waals surface area contributed by atoms with Gasteiger partial charge < -0.3 is 5.73 Å². The molecule has 0 aliphatic heterocycles. The summed E-state index contributed by atoms with van der Waals surface area (Å²) in [5.74, 6) is -0.755. The Hall–Kier alpha value is -1.63. The molecule has 3 N–H and O–H groups in total. The van der Waals surface area contributed by atoms with Crippen LogP contribution < -0.4 is 10.5 Å². The number of hydrogen-bond acceptors (Lipinski definition) is 3. The van der Waals surface area contributed by atoms with Gasteiger partial charge in [-0.2, -0.15) is 0 Å². The first-order valence-corrected chi connectivity index (χ1v) is 7.99. The van der Waals surface area contributed by atoms with Crippen molar-refractivity contribution in [3.63, 3.8) is 0 Å². The second-order valence-electron chi connectivity index (χ2n) is 4.56. The lowest BCUT2D eigenvalue weighted by Gasteiger charge is -2.15. The van der Waals surface area contributed by atoms with Gasteiger partial charge in [-0.1, -0.05) is 41.9 Å². The van der Waals surface area contributed by atoms with E-state index in [1.54, 1.807) is 19.1 Å². The van der Waals surface area contributed by atoms with Crippen LogP contribution in [0.2, 0.25) is 5.02 Å². The quantitative estimate of drug-likeness (QED) is 0.847. The Morgan fingerprint density at radius 3 is 2.48 bits per heavy atom. The first-order chi connectivity index (χ1) is 9.81. The second kappa shape index (κ2) is 6.01. The molecule has 112 valence electrons. The van der Waals surface area contributed by atoms with Gasteiger partial charge in [-0.05, 0) is 24.6 Å². The Kier molecular flexibility index (Phi) is 4.51. The zero-order valence-electron chi connectivity index (χ0n) is 11.2. The first-order valence-electron chi connectivity index (χ1n) is 6.13. The molecule has 0 spiro atoms. The number of nitrogens with one attached hydrogen (secondary N) is 1. The molecular weight excluding hydrogens is 315 g/mol. The molecule has 2 aromatic carbocycles. The summed E-state index contributed by atoms with van der Waals surface area (Å²) in [4.78, 5) is -0.245. The van der Waals surface area contributed by atoms with E-state index in [1.165, 1.54) is 0 Å². The van der Waals surface area contributed by atoms with E-state index in [-0.39, 0.29) is 15.6 Å². The summed E-state index contributed by atoms with van der Waals surface area (Å²) in [5, 5.41) is -0.213. The zero-order valence-corrected chi connectivity index (χ0v) is 12.7. The van der Waals surface area contributed by atoms with Gasteiger partial charge in [0.25, 0.3) is 0 Å². The van der Waals surface area contributed by atoms with Gasteiger partial charge in [0.15, 0.2) is 0 Å². The van der Waals surface area contributed by atoms with Crippen molar-refractivity contribution in [1.82, 2.24) is 4.72 Å². The minimum absolute atomic E-state index is 0.213. The predicted molar refractivity (Wildman–Crippen MR) is 81.0 cm³/mol. The van der Waals surface area contributed by atoms with Crippen LogP contribution in [0.1, 0.15) is 18.5 Å². The molecule has 4 nitrogen and oxygen atoms in total. The van der Waals surface area contributed by atoms with E-state index < -0.39 is 21.9 Å². The van der Waals surface area contributed by atoms with Crippen molar-refractivity contribution in [3.05, 3.63) is 58.9 Å². The SMILES string of the molecule is C[C@@H](NS(=O)(=O)c1cc(N)c(F)cc1Cl)c1ccccc1. The fourth-order valence-electron chi connectivity index (χ4n) is 1.86. The minimum Gasteiger partial charge on any atom is -0.396 e. The summed E-state index contributed by atoms with van der Waals surface area (Å²) < 4.78 is 40.4. The van der Waals surface area contributed by atoms with Gasteiger partial charge in [-0.15, -0.1) is 0 Å². The zero-order chi connectivity index (χ0) is 15.6. The number of halogens is 2. The number of benzene rings is 2. The summed E-state index contributed by atoms with van der Waals surface area (Å²) in [6.45, 7) is 1.70. The molecule has 0 radical (unpaired) electrons. The molecular formula is C14H14ClFN2O2S. The molecule has 21 heavy (non-hydrogen) atoms. The van der Waals surface area contributed by atoms with Crippen LogP contribution in [0.15, 0.2) is 47.4 Å². The molecule has 0 amide bonds. The van der Waals surface area contributed by atoms with Crippen LogP contribution in [0.3, 0.4) is 0 Å². The summed E-state index contributed by atoms with van der Waals surface area (Å²) >= 11 is 5.80. The molecule has 0 saturated carbocycles. The van der Waals surface area contributed by atoms with Gasteiger partial charge in [0.1, 0.15) is 10.7 Å². The van der Waals surface area contributed by atoms with Crippen LogP contribution in [-0.2, 0) is 10.0 Å². The third-order valence-corrected chi connectivity index (χ3v) is 4.98. The van der Waals surface area contributed by atoms with Crippen LogP contribution in [0.25, 0.3) is 0 Å². The normalized spacial score (nSPS) is 13.1. The van der Waals surface area contributed by atoms with Crippen molar-refractivity contribution in [2.45, 2.75) is 17.9 Å². The number of hydrogen-bond donors (Lipinski definition) is 2. The van der Waals surface area contributed by atoms with E-state index >= 15 is 0 Å². The fraction of sp³-hybridized carbons (Fsp3) is 0.143. The Labute approximate surface area is 127 Å². The molecule has 0 fully saturated rings. The minimum atomic E-state index is -3.91. The van der Waals surface area contributed by atoms with Crippen molar-refractivity contribution in [3.8, 4) is 0 Å². The average Bonchev–Trinajstić information content (AvgIpc) is 2.43. The molecule has 1 atom stereocenters. The van der Waals surface area contributed by atoms with Crippen molar-refractivity contribution in [1.29, 1.82) is 0 Å². The van der Waals surface area contributed by atoms with Crippen LogP contribution in [0, 0.1) is 5.82 Å². The molecule has 0 unspecified atom stereocenters. The molecule has 2 aromatic rings. The van der Waals surface area contributed by atoms with E-state index in [4.69, 9.17) is 17.3 Å². The second-order valence-corrected chi connectivity index (χ2v) is 6.65. The third kappa shape index (κ3) is 3.53. The lowest BCUT2D eigenvalue weighted by atomic mass is 10.1.